The molecule has 1 aromatic heterocycles. The minimum atomic E-state index is -3.84. The third kappa shape index (κ3) is 4.05. The molecule has 0 radical (unpaired) electrons. The number of rotatable bonds is 6. The first kappa shape index (κ1) is 19.5. The normalized spacial score (nSPS) is 14.8. The van der Waals surface area contributed by atoms with Gasteiger partial charge < -0.3 is 10.6 Å². The predicted octanol–water partition coefficient (Wildman–Crippen LogP) is 0.623. The average molecular weight is 391 g/mol. The van der Waals surface area contributed by atoms with E-state index in [9.17, 15) is 13.2 Å². The van der Waals surface area contributed by atoms with Gasteiger partial charge in [-0.25, -0.2) is 8.42 Å². The molecular weight excluding hydrogens is 366 g/mol. The number of nitrogens with one attached hydrogen (secondary N) is 3. The maximum absolute atomic E-state index is 12.7. The third-order valence-electron chi connectivity index (χ3n) is 4.80. The van der Waals surface area contributed by atoms with Crippen LogP contribution in [0, 0.1) is 13.8 Å². The lowest BCUT2D eigenvalue weighted by atomic mass is 10.1. The first-order valence-electron chi connectivity index (χ1n) is 8.80. The number of nitrogens with zero attached hydrogens (tertiary/aromatic N) is 2. The van der Waals surface area contributed by atoms with Gasteiger partial charge in [0.05, 0.1) is 17.4 Å². The Morgan fingerprint density at radius 1 is 1.30 bits per heavy atom. The number of benzene rings is 1. The largest absolute Gasteiger partial charge is 0.351 e. The average Bonchev–Trinajstić information content (AvgIpc) is 3.15. The Kier molecular flexibility index (Phi) is 5.36. The van der Waals surface area contributed by atoms with Gasteiger partial charge in [0.25, 0.3) is 0 Å². The molecule has 1 aromatic carbocycles. The Bertz CT molecular complexity index is 981. The lowest BCUT2D eigenvalue weighted by molar-refractivity contribution is -0.122. The molecule has 27 heavy (non-hydrogen) atoms. The second-order valence-electron chi connectivity index (χ2n) is 6.89. The minimum absolute atomic E-state index is 0.121. The Balaban J connectivity index is 1.63. The van der Waals surface area contributed by atoms with Crippen LogP contribution in [0.15, 0.2) is 23.1 Å². The first-order valence-corrected chi connectivity index (χ1v) is 10.3. The molecule has 0 aliphatic carbocycles. The Labute approximate surface area is 159 Å². The smallest absolute Gasteiger partial charge is 0.244 e. The Morgan fingerprint density at radius 2 is 2.00 bits per heavy atom. The van der Waals surface area contributed by atoms with Crippen LogP contribution in [-0.2, 0) is 41.5 Å². The summed E-state index contributed by atoms with van der Waals surface area (Å²) in [6, 6.07) is 5.19. The zero-order valence-corrected chi connectivity index (χ0v) is 16.8. The molecule has 0 spiro atoms. The van der Waals surface area contributed by atoms with Gasteiger partial charge in [-0.05, 0) is 37.5 Å². The van der Waals surface area contributed by atoms with Crippen molar-refractivity contribution in [2.45, 2.75) is 51.3 Å². The minimum Gasteiger partial charge on any atom is -0.351 e. The highest BCUT2D eigenvalue weighted by atomic mass is 32.2. The van der Waals surface area contributed by atoms with Crippen LogP contribution in [0.5, 0.6) is 0 Å². The maximum Gasteiger partial charge on any atom is 0.244 e. The molecule has 0 fully saturated rings. The van der Waals surface area contributed by atoms with E-state index in [-0.39, 0.29) is 10.8 Å². The summed E-state index contributed by atoms with van der Waals surface area (Å²) in [7, 11) is -2.15. The molecule has 3 N–H and O–H groups in total. The zero-order valence-electron chi connectivity index (χ0n) is 16.0. The lowest BCUT2D eigenvalue weighted by Gasteiger charge is -2.15. The molecule has 0 bridgehead atoms. The summed E-state index contributed by atoms with van der Waals surface area (Å²) in [5.74, 6) is -0.378. The van der Waals surface area contributed by atoms with Gasteiger partial charge in [0, 0.05) is 26.7 Å². The van der Waals surface area contributed by atoms with Gasteiger partial charge in [-0.1, -0.05) is 18.2 Å². The summed E-state index contributed by atoms with van der Waals surface area (Å²) in [4.78, 5) is 12.5. The van der Waals surface area contributed by atoms with Crippen molar-refractivity contribution in [1.82, 2.24) is 25.1 Å². The standard InChI is InChI=1S/C18H25N5O3S/c1-11-17(13(3)23(4)21-11)27(25,26)22-12(2)18(24)20-8-14-5-6-15-9-19-10-16(15)7-14/h5-7,12,19,22H,8-10H2,1-4H3,(H,20,24). The van der Waals surface area contributed by atoms with Gasteiger partial charge in [0.2, 0.25) is 15.9 Å². The molecule has 1 atom stereocenters. The van der Waals surface area contributed by atoms with Gasteiger partial charge in [-0.15, -0.1) is 0 Å². The highest BCUT2D eigenvalue weighted by Gasteiger charge is 2.27. The summed E-state index contributed by atoms with van der Waals surface area (Å²) >= 11 is 0. The van der Waals surface area contributed by atoms with E-state index in [0.29, 0.717) is 17.9 Å². The molecular formula is C18H25N5O3S. The van der Waals surface area contributed by atoms with E-state index in [2.05, 4.69) is 32.6 Å². The van der Waals surface area contributed by atoms with Gasteiger partial charge in [0.15, 0.2) is 0 Å². The number of aromatic nitrogens is 2. The monoisotopic (exact) mass is 391 g/mol. The van der Waals surface area contributed by atoms with Crippen molar-refractivity contribution < 1.29 is 13.2 Å². The van der Waals surface area contributed by atoms with E-state index in [1.807, 2.05) is 6.07 Å². The number of carbonyl (C=O) groups is 1. The Morgan fingerprint density at radius 3 is 2.67 bits per heavy atom. The Hall–Kier alpha value is -2.23. The molecule has 9 heteroatoms. The molecule has 2 aromatic rings. The van der Waals surface area contributed by atoms with Crippen molar-refractivity contribution in [2.75, 3.05) is 0 Å². The number of sulfonamides is 1. The predicted molar refractivity (Wildman–Crippen MR) is 101 cm³/mol. The van der Waals surface area contributed by atoms with Crippen LogP contribution in [0.25, 0.3) is 0 Å². The third-order valence-corrected chi connectivity index (χ3v) is 6.60. The molecule has 8 nitrogen and oxygen atoms in total. The van der Waals surface area contributed by atoms with Crippen molar-refractivity contribution in [1.29, 1.82) is 0 Å². The second-order valence-corrected chi connectivity index (χ2v) is 8.54. The van der Waals surface area contributed by atoms with E-state index < -0.39 is 16.1 Å². The van der Waals surface area contributed by atoms with E-state index >= 15 is 0 Å². The SMILES string of the molecule is Cc1nn(C)c(C)c1S(=O)(=O)NC(C)C(=O)NCc1ccc2c(c1)CNC2. The van der Waals surface area contributed by atoms with E-state index in [1.165, 1.54) is 22.7 Å². The number of hydrogen-bond acceptors (Lipinski definition) is 5. The highest BCUT2D eigenvalue weighted by molar-refractivity contribution is 7.89. The van der Waals surface area contributed by atoms with Crippen molar-refractivity contribution in [2.24, 2.45) is 7.05 Å². The van der Waals surface area contributed by atoms with Crippen molar-refractivity contribution in [3.05, 3.63) is 46.3 Å². The van der Waals surface area contributed by atoms with Crippen LogP contribution in [0.1, 0.15) is 35.0 Å². The van der Waals surface area contributed by atoms with Crippen LogP contribution in [0.4, 0.5) is 0 Å². The molecule has 0 saturated carbocycles. The van der Waals surface area contributed by atoms with Crippen LogP contribution in [-0.4, -0.2) is 30.1 Å². The van der Waals surface area contributed by atoms with Crippen LogP contribution in [0.3, 0.4) is 0 Å². The molecule has 146 valence electrons. The fourth-order valence-corrected chi connectivity index (χ4v) is 4.93. The fraction of sp³-hybridized carbons (Fsp3) is 0.444. The molecule has 1 aliphatic heterocycles. The van der Waals surface area contributed by atoms with Crippen LogP contribution in [0.2, 0.25) is 0 Å². The number of carbonyl (C=O) groups excluding carboxylic acids is 1. The van der Waals surface area contributed by atoms with E-state index in [1.54, 1.807) is 20.9 Å². The van der Waals surface area contributed by atoms with Crippen molar-refractivity contribution in [3.8, 4) is 0 Å². The van der Waals surface area contributed by atoms with Crippen LogP contribution >= 0.6 is 0 Å². The summed E-state index contributed by atoms with van der Waals surface area (Å²) in [6.45, 7) is 6.89. The summed E-state index contributed by atoms with van der Waals surface area (Å²) in [6.07, 6.45) is 0. The molecule has 3 rings (SSSR count). The van der Waals surface area contributed by atoms with E-state index in [0.717, 1.165) is 18.7 Å². The molecule has 1 amide bonds. The zero-order chi connectivity index (χ0) is 19.8. The topological polar surface area (TPSA) is 105 Å². The quantitative estimate of drug-likeness (QED) is 0.670. The molecule has 2 heterocycles. The van der Waals surface area contributed by atoms with Crippen molar-refractivity contribution >= 4 is 15.9 Å². The van der Waals surface area contributed by atoms with Crippen molar-refractivity contribution in [3.63, 3.8) is 0 Å². The van der Waals surface area contributed by atoms with Gasteiger partial charge in [0.1, 0.15) is 4.90 Å². The second kappa shape index (κ2) is 7.41. The summed E-state index contributed by atoms with van der Waals surface area (Å²) in [5.41, 5.74) is 4.42. The van der Waals surface area contributed by atoms with Gasteiger partial charge in [-0.2, -0.15) is 9.82 Å². The van der Waals surface area contributed by atoms with Gasteiger partial charge in [-0.3, -0.25) is 9.48 Å². The first-order chi connectivity index (χ1) is 12.7. The van der Waals surface area contributed by atoms with Crippen LogP contribution < -0.4 is 15.4 Å². The number of amides is 1. The maximum atomic E-state index is 12.7. The van der Waals surface area contributed by atoms with Gasteiger partial charge >= 0.3 is 0 Å². The summed E-state index contributed by atoms with van der Waals surface area (Å²) < 4.78 is 29.3. The lowest BCUT2D eigenvalue weighted by Crippen LogP contribution is -2.44. The molecule has 0 saturated heterocycles. The number of hydrogen-bond donors (Lipinski definition) is 3. The number of aryl methyl sites for hydroxylation is 2. The number of fused-ring (bicyclic) bond motifs is 1. The molecule has 1 unspecified atom stereocenters. The molecule has 1 aliphatic rings. The summed E-state index contributed by atoms with van der Waals surface area (Å²) in [5, 5.41) is 10.2. The highest BCUT2D eigenvalue weighted by Crippen LogP contribution is 2.19. The fourth-order valence-electron chi connectivity index (χ4n) is 3.29. The van der Waals surface area contributed by atoms with E-state index in [4.69, 9.17) is 0 Å².